The molecule has 0 rings (SSSR count). The van der Waals surface area contributed by atoms with Crippen LogP contribution >= 0.6 is 0 Å². The van der Waals surface area contributed by atoms with Gasteiger partial charge in [-0.05, 0) is 6.54 Å². The molecule has 0 aromatic rings. The van der Waals surface area contributed by atoms with E-state index in [1.165, 1.54) is 20.8 Å². The van der Waals surface area contributed by atoms with Gasteiger partial charge in [-0.3, -0.25) is 0 Å². The van der Waals surface area contributed by atoms with Gasteiger partial charge in [0.15, 0.2) is 0 Å². The molecule has 0 aliphatic rings. The van der Waals surface area contributed by atoms with E-state index < -0.39 is 0 Å². The van der Waals surface area contributed by atoms with Gasteiger partial charge >= 0.3 is 0 Å². The summed E-state index contributed by atoms with van der Waals surface area (Å²) in [5.41, 5.74) is 5.23. The van der Waals surface area contributed by atoms with E-state index in [1.54, 1.807) is 0 Å². The van der Waals surface area contributed by atoms with E-state index in [0.29, 0.717) is 0 Å². The van der Waals surface area contributed by atoms with Crippen molar-refractivity contribution in [3.63, 3.8) is 0 Å². The van der Waals surface area contributed by atoms with Crippen LogP contribution in [0.4, 0.5) is 0 Å². The summed E-state index contributed by atoms with van der Waals surface area (Å²) in [6.45, 7) is 1.94. The third-order valence-electron chi connectivity index (χ3n) is 0.576. The zero-order chi connectivity index (χ0) is 4.99. The van der Waals surface area contributed by atoms with Crippen LogP contribution in [0.15, 0.2) is 0 Å². The molecular formula is C2H12N2Si2. The fraction of sp³-hybridized carbons (Fsp3) is 1.00. The van der Waals surface area contributed by atoms with Crippen LogP contribution in [0.25, 0.3) is 0 Å². The Kier molecular flexibility index (Phi) is 3.75. The predicted octanol–water partition coefficient (Wildman–Crippen LogP) is -3.19. The summed E-state index contributed by atoms with van der Waals surface area (Å²) in [4.78, 5) is 0. The lowest BCUT2D eigenvalue weighted by Crippen LogP contribution is -2.23. The minimum atomic E-state index is 0.826. The second-order valence-corrected chi connectivity index (χ2v) is 6.43. The molecule has 0 aromatic carbocycles. The zero-order valence-electron chi connectivity index (χ0n) is 4.44. The van der Waals surface area contributed by atoms with Crippen molar-refractivity contribution in [3.8, 4) is 0 Å². The molecule has 0 fully saturated rings. The number of hydrogen-bond acceptors (Lipinski definition) is 2. The van der Waals surface area contributed by atoms with Crippen molar-refractivity contribution < 1.29 is 0 Å². The van der Waals surface area contributed by atoms with Crippen LogP contribution in [0.1, 0.15) is 0 Å². The van der Waals surface area contributed by atoms with E-state index in [2.05, 4.69) is 4.23 Å². The zero-order valence-corrected chi connectivity index (χ0v) is 8.44. The van der Waals surface area contributed by atoms with Gasteiger partial charge in [0.25, 0.3) is 0 Å². The predicted molar refractivity (Wildman–Crippen MR) is 35.6 cm³/mol. The van der Waals surface area contributed by atoms with Crippen LogP contribution in [0.5, 0.6) is 0 Å². The second-order valence-electron chi connectivity index (χ2n) is 1.59. The Hall–Kier alpha value is 0.354. The molecule has 0 spiro atoms. The van der Waals surface area contributed by atoms with Gasteiger partial charge in [-0.1, -0.05) is 0 Å². The molecular weight excluding hydrogens is 108 g/mol. The molecule has 0 unspecified atom stereocenters. The van der Waals surface area contributed by atoms with Crippen molar-refractivity contribution >= 4 is 20.8 Å². The quantitative estimate of drug-likeness (QED) is 0.389. The van der Waals surface area contributed by atoms with Crippen molar-refractivity contribution in [1.29, 1.82) is 0 Å². The van der Waals surface area contributed by atoms with Crippen LogP contribution in [0.2, 0.25) is 0 Å². The van der Waals surface area contributed by atoms with E-state index in [4.69, 9.17) is 5.73 Å². The van der Waals surface area contributed by atoms with Crippen LogP contribution in [0.3, 0.4) is 0 Å². The maximum Gasteiger partial charge on any atom is 0.0698 e. The Labute approximate surface area is 44.7 Å². The molecule has 0 aliphatic heterocycles. The van der Waals surface area contributed by atoms with Crippen LogP contribution in [-0.2, 0) is 0 Å². The lowest BCUT2D eigenvalue weighted by atomic mass is 10.7. The smallest absolute Gasteiger partial charge is 0.0698 e. The molecule has 2 N–H and O–H groups in total. The van der Waals surface area contributed by atoms with Gasteiger partial charge in [0, 0.05) is 6.54 Å². The van der Waals surface area contributed by atoms with E-state index in [9.17, 15) is 0 Å². The van der Waals surface area contributed by atoms with E-state index >= 15 is 0 Å². The Morgan fingerprint density at radius 1 is 1.50 bits per heavy atom. The summed E-state index contributed by atoms with van der Waals surface area (Å²) in [6.07, 6.45) is 0. The van der Waals surface area contributed by atoms with Crippen LogP contribution in [0, 0.1) is 0 Å². The molecule has 0 aliphatic carbocycles. The highest BCUT2D eigenvalue weighted by molar-refractivity contribution is 6.24. The van der Waals surface area contributed by atoms with Crippen molar-refractivity contribution in [2.75, 3.05) is 13.1 Å². The fourth-order valence-corrected chi connectivity index (χ4v) is 0.775. The highest BCUT2D eigenvalue weighted by Crippen LogP contribution is 1.60. The summed E-state index contributed by atoms with van der Waals surface area (Å²) in [5.74, 6) is 0. The summed E-state index contributed by atoms with van der Waals surface area (Å²) in [7, 11) is 2.39. The molecule has 38 valence electrons. The normalized spacial score (nSPS) is 11.0. The van der Waals surface area contributed by atoms with Gasteiger partial charge in [-0.25, -0.2) is 0 Å². The standard InChI is InChI=1S/C2H12N2Si2/c3-1-2-4(5)6/h1-3H2,5-6H3. The first kappa shape index (κ1) is 6.35. The first-order valence-electron chi connectivity index (χ1n) is 2.12. The highest BCUT2D eigenvalue weighted by atomic mass is 28.2. The third kappa shape index (κ3) is 4.35. The van der Waals surface area contributed by atoms with Crippen LogP contribution < -0.4 is 5.73 Å². The number of nitrogens with two attached hydrogens (primary N) is 1. The molecule has 6 heavy (non-hydrogen) atoms. The monoisotopic (exact) mass is 120 g/mol. The third-order valence-corrected chi connectivity index (χ3v) is 1.47. The summed E-state index contributed by atoms with van der Waals surface area (Å²) in [6, 6.07) is 0. The van der Waals surface area contributed by atoms with Crippen LogP contribution in [-0.4, -0.2) is 38.1 Å². The van der Waals surface area contributed by atoms with E-state index in [1.807, 2.05) is 0 Å². The Morgan fingerprint density at radius 3 is 2.00 bits per heavy atom. The van der Waals surface area contributed by atoms with Crippen molar-refractivity contribution in [2.45, 2.75) is 0 Å². The number of rotatable bonds is 2. The van der Waals surface area contributed by atoms with Gasteiger partial charge in [-0.15, -0.1) is 0 Å². The van der Waals surface area contributed by atoms with Gasteiger partial charge in [0.05, 0.1) is 20.8 Å². The largest absolute Gasteiger partial charge is 0.359 e. The fourth-order valence-electron chi connectivity index (χ4n) is 0.258. The maximum absolute atomic E-state index is 5.23. The topological polar surface area (TPSA) is 29.3 Å². The molecule has 0 atom stereocenters. The number of hydrogen-bond donors (Lipinski definition) is 1. The summed E-state index contributed by atoms with van der Waals surface area (Å²) < 4.78 is 2.33. The molecule has 0 amide bonds. The first-order valence-corrected chi connectivity index (χ1v) is 3.91. The molecule has 2 nitrogen and oxygen atoms in total. The molecule has 0 saturated heterocycles. The molecule has 0 saturated carbocycles. The second kappa shape index (κ2) is 3.54. The van der Waals surface area contributed by atoms with E-state index in [-0.39, 0.29) is 0 Å². The molecule has 0 radical (unpaired) electrons. The lowest BCUT2D eigenvalue weighted by Gasteiger charge is -2.04. The number of nitrogens with zero attached hydrogens (tertiary/aromatic N) is 1. The maximum atomic E-state index is 5.23. The minimum Gasteiger partial charge on any atom is -0.359 e. The van der Waals surface area contributed by atoms with Gasteiger partial charge in [-0.2, -0.15) is 0 Å². The Bertz CT molecular complexity index is 30.7. The van der Waals surface area contributed by atoms with Gasteiger partial charge in [0.2, 0.25) is 0 Å². The Morgan fingerprint density at radius 2 is 2.00 bits per heavy atom. The van der Waals surface area contributed by atoms with Crippen molar-refractivity contribution in [2.24, 2.45) is 5.73 Å². The molecule has 4 heteroatoms. The highest BCUT2D eigenvalue weighted by Gasteiger charge is 1.79. The van der Waals surface area contributed by atoms with Gasteiger partial charge < -0.3 is 9.96 Å². The molecule has 0 bridgehead atoms. The first-order chi connectivity index (χ1) is 2.77. The van der Waals surface area contributed by atoms with Crippen molar-refractivity contribution in [3.05, 3.63) is 0 Å². The average Bonchev–Trinajstić information content (AvgIpc) is 1.35. The average molecular weight is 120 g/mol. The minimum absolute atomic E-state index is 0.826. The lowest BCUT2D eigenvalue weighted by molar-refractivity contribution is 0.701. The van der Waals surface area contributed by atoms with Crippen molar-refractivity contribution in [1.82, 2.24) is 4.23 Å². The summed E-state index contributed by atoms with van der Waals surface area (Å²) >= 11 is 0. The molecule has 0 heterocycles. The molecule has 0 aromatic heterocycles. The van der Waals surface area contributed by atoms with Gasteiger partial charge in [0.1, 0.15) is 0 Å². The SMILES string of the molecule is NCCN([SiH3])[SiH3]. The summed E-state index contributed by atoms with van der Waals surface area (Å²) in [5, 5.41) is 0. The Balaban J connectivity index is 2.63. The van der Waals surface area contributed by atoms with E-state index in [0.717, 1.165) is 13.1 Å².